The number of rotatable bonds is 7. The first-order chi connectivity index (χ1) is 8.06. The second kappa shape index (κ2) is 6.53. The van der Waals surface area contributed by atoms with E-state index in [1.165, 1.54) is 15.3 Å². The van der Waals surface area contributed by atoms with Crippen molar-refractivity contribution >= 4 is 11.3 Å². The maximum Gasteiger partial charge on any atom is 0.0300 e. The van der Waals surface area contributed by atoms with Crippen LogP contribution in [-0.2, 0) is 6.54 Å². The van der Waals surface area contributed by atoms with Crippen molar-refractivity contribution < 1.29 is 0 Å². The summed E-state index contributed by atoms with van der Waals surface area (Å²) in [7, 11) is 0. The SMILES string of the molecule is CCC(CC)(CN)CNCc1cc(C)c(C)s1. The Morgan fingerprint density at radius 2 is 1.94 bits per heavy atom. The lowest BCUT2D eigenvalue weighted by atomic mass is 9.82. The molecule has 0 saturated carbocycles. The van der Waals surface area contributed by atoms with E-state index in [9.17, 15) is 0 Å². The van der Waals surface area contributed by atoms with Crippen molar-refractivity contribution in [1.82, 2.24) is 5.32 Å². The number of aryl methyl sites for hydroxylation is 2. The summed E-state index contributed by atoms with van der Waals surface area (Å²) in [6, 6.07) is 2.29. The molecule has 98 valence electrons. The van der Waals surface area contributed by atoms with E-state index >= 15 is 0 Å². The quantitative estimate of drug-likeness (QED) is 0.784. The van der Waals surface area contributed by atoms with Gasteiger partial charge in [-0.25, -0.2) is 0 Å². The second-order valence-electron chi connectivity index (χ2n) is 4.97. The standard InChI is InChI=1S/C14H26N2S/c1-5-14(6-2,9-15)10-16-8-13-7-11(3)12(4)17-13/h7,16H,5-6,8-10,15H2,1-4H3. The van der Waals surface area contributed by atoms with E-state index in [0.717, 1.165) is 32.5 Å². The van der Waals surface area contributed by atoms with E-state index in [1.54, 1.807) is 0 Å². The third-order valence-corrected chi connectivity index (χ3v) is 5.10. The van der Waals surface area contributed by atoms with Crippen LogP contribution in [0.2, 0.25) is 0 Å². The largest absolute Gasteiger partial charge is 0.330 e. The Hall–Kier alpha value is -0.380. The van der Waals surface area contributed by atoms with Crippen LogP contribution in [0.1, 0.15) is 42.0 Å². The summed E-state index contributed by atoms with van der Waals surface area (Å²) in [6.07, 6.45) is 2.30. The first-order valence-corrected chi connectivity index (χ1v) is 7.35. The van der Waals surface area contributed by atoms with Crippen molar-refractivity contribution in [3.8, 4) is 0 Å². The highest BCUT2D eigenvalue weighted by atomic mass is 32.1. The maximum atomic E-state index is 5.90. The fourth-order valence-corrected chi connectivity index (χ4v) is 3.07. The Morgan fingerprint density at radius 3 is 2.35 bits per heavy atom. The zero-order valence-corrected chi connectivity index (χ0v) is 12.4. The van der Waals surface area contributed by atoms with E-state index in [1.807, 2.05) is 11.3 Å². The van der Waals surface area contributed by atoms with Crippen LogP contribution in [0.15, 0.2) is 6.07 Å². The normalized spacial score (nSPS) is 12.1. The van der Waals surface area contributed by atoms with Gasteiger partial charge in [-0.1, -0.05) is 13.8 Å². The number of hydrogen-bond donors (Lipinski definition) is 2. The Balaban J connectivity index is 2.46. The van der Waals surface area contributed by atoms with E-state index in [4.69, 9.17) is 5.73 Å². The molecule has 1 aromatic rings. The van der Waals surface area contributed by atoms with Gasteiger partial charge in [-0.15, -0.1) is 11.3 Å². The van der Waals surface area contributed by atoms with Crippen LogP contribution in [-0.4, -0.2) is 13.1 Å². The Morgan fingerprint density at radius 1 is 1.29 bits per heavy atom. The molecule has 0 aromatic carbocycles. The fraction of sp³-hybridized carbons (Fsp3) is 0.714. The van der Waals surface area contributed by atoms with E-state index in [0.29, 0.717) is 0 Å². The van der Waals surface area contributed by atoms with Gasteiger partial charge >= 0.3 is 0 Å². The molecule has 3 N–H and O–H groups in total. The van der Waals surface area contributed by atoms with Gasteiger partial charge in [0.05, 0.1) is 0 Å². The first kappa shape index (κ1) is 14.7. The summed E-state index contributed by atoms with van der Waals surface area (Å²) < 4.78 is 0. The molecule has 17 heavy (non-hydrogen) atoms. The zero-order chi connectivity index (χ0) is 12.9. The van der Waals surface area contributed by atoms with Crippen LogP contribution in [0.3, 0.4) is 0 Å². The number of thiophene rings is 1. The molecule has 0 unspecified atom stereocenters. The van der Waals surface area contributed by atoms with Gasteiger partial charge < -0.3 is 11.1 Å². The van der Waals surface area contributed by atoms with Crippen LogP contribution < -0.4 is 11.1 Å². The van der Waals surface area contributed by atoms with Crippen molar-refractivity contribution in [2.75, 3.05) is 13.1 Å². The highest BCUT2D eigenvalue weighted by Gasteiger charge is 2.23. The Kier molecular flexibility index (Phi) is 5.63. The fourth-order valence-electron chi connectivity index (χ4n) is 2.05. The van der Waals surface area contributed by atoms with Gasteiger partial charge in [-0.2, -0.15) is 0 Å². The predicted octanol–water partition coefficient (Wildman–Crippen LogP) is 3.22. The Bertz CT molecular complexity index is 312. The van der Waals surface area contributed by atoms with E-state index in [-0.39, 0.29) is 5.41 Å². The zero-order valence-electron chi connectivity index (χ0n) is 11.6. The van der Waals surface area contributed by atoms with Crippen LogP contribution in [0.4, 0.5) is 0 Å². The van der Waals surface area contributed by atoms with Crippen molar-refractivity contribution in [2.45, 2.75) is 47.1 Å². The average molecular weight is 254 g/mol. The van der Waals surface area contributed by atoms with Gasteiger partial charge in [0.1, 0.15) is 0 Å². The molecule has 0 aliphatic carbocycles. The summed E-state index contributed by atoms with van der Waals surface area (Å²) in [5.74, 6) is 0. The molecular weight excluding hydrogens is 228 g/mol. The number of hydrogen-bond acceptors (Lipinski definition) is 3. The average Bonchev–Trinajstić information content (AvgIpc) is 2.65. The molecule has 2 nitrogen and oxygen atoms in total. The monoisotopic (exact) mass is 254 g/mol. The van der Waals surface area contributed by atoms with Gasteiger partial charge in [-0.05, 0) is 50.3 Å². The van der Waals surface area contributed by atoms with E-state index < -0.39 is 0 Å². The van der Waals surface area contributed by atoms with Crippen LogP contribution >= 0.6 is 11.3 Å². The number of nitrogens with one attached hydrogen (secondary N) is 1. The molecule has 0 radical (unpaired) electrons. The second-order valence-corrected chi connectivity index (χ2v) is 6.31. The predicted molar refractivity (Wildman–Crippen MR) is 77.6 cm³/mol. The molecule has 0 bridgehead atoms. The molecule has 0 aliphatic rings. The highest BCUT2D eigenvalue weighted by Crippen LogP contribution is 2.24. The molecular formula is C14H26N2S. The molecule has 1 heterocycles. The molecule has 1 aromatic heterocycles. The van der Waals surface area contributed by atoms with Gasteiger partial charge in [0.15, 0.2) is 0 Å². The van der Waals surface area contributed by atoms with Crippen molar-refractivity contribution in [3.63, 3.8) is 0 Å². The number of nitrogens with two attached hydrogens (primary N) is 1. The summed E-state index contributed by atoms with van der Waals surface area (Å²) in [4.78, 5) is 2.86. The van der Waals surface area contributed by atoms with E-state index in [2.05, 4.69) is 39.1 Å². The van der Waals surface area contributed by atoms with Gasteiger partial charge in [0.2, 0.25) is 0 Å². The highest BCUT2D eigenvalue weighted by molar-refractivity contribution is 7.12. The molecule has 0 amide bonds. The molecule has 1 rings (SSSR count). The van der Waals surface area contributed by atoms with Crippen LogP contribution in [0, 0.1) is 19.3 Å². The molecule has 0 saturated heterocycles. The summed E-state index contributed by atoms with van der Waals surface area (Å²) >= 11 is 1.89. The van der Waals surface area contributed by atoms with Crippen molar-refractivity contribution in [1.29, 1.82) is 0 Å². The van der Waals surface area contributed by atoms with Crippen molar-refractivity contribution in [3.05, 3.63) is 21.4 Å². The van der Waals surface area contributed by atoms with Gasteiger partial charge in [0, 0.05) is 22.8 Å². The van der Waals surface area contributed by atoms with Crippen LogP contribution in [0.25, 0.3) is 0 Å². The third kappa shape index (κ3) is 3.80. The molecule has 0 atom stereocenters. The third-order valence-electron chi connectivity index (χ3n) is 3.95. The molecule has 3 heteroatoms. The topological polar surface area (TPSA) is 38.0 Å². The van der Waals surface area contributed by atoms with Gasteiger partial charge in [-0.3, -0.25) is 0 Å². The lowest BCUT2D eigenvalue weighted by molar-refractivity contribution is 0.259. The maximum absolute atomic E-state index is 5.90. The molecule has 0 aliphatic heterocycles. The first-order valence-electron chi connectivity index (χ1n) is 6.53. The minimum absolute atomic E-state index is 0.279. The minimum atomic E-state index is 0.279. The summed E-state index contributed by atoms with van der Waals surface area (Å²) in [6.45, 7) is 11.6. The summed E-state index contributed by atoms with van der Waals surface area (Å²) in [5, 5.41) is 3.57. The molecule has 0 spiro atoms. The summed E-state index contributed by atoms with van der Waals surface area (Å²) in [5.41, 5.74) is 7.58. The lowest BCUT2D eigenvalue weighted by Crippen LogP contribution is -2.39. The van der Waals surface area contributed by atoms with Gasteiger partial charge in [0.25, 0.3) is 0 Å². The minimum Gasteiger partial charge on any atom is -0.330 e. The Labute approximate surface area is 110 Å². The molecule has 0 fully saturated rings. The van der Waals surface area contributed by atoms with Crippen molar-refractivity contribution in [2.24, 2.45) is 11.1 Å². The smallest absolute Gasteiger partial charge is 0.0300 e. The van der Waals surface area contributed by atoms with Crippen LogP contribution in [0.5, 0.6) is 0 Å². The lowest BCUT2D eigenvalue weighted by Gasteiger charge is -2.30.